The zero-order valence-electron chi connectivity index (χ0n) is 11.4. The van der Waals surface area contributed by atoms with Gasteiger partial charge in [-0.15, -0.1) is 0 Å². The third-order valence-corrected chi connectivity index (χ3v) is 3.94. The smallest absolute Gasteiger partial charge is 0.269 e. The largest absolute Gasteiger partial charge is 0.496 e. The van der Waals surface area contributed by atoms with E-state index >= 15 is 0 Å². The van der Waals surface area contributed by atoms with Crippen LogP contribution in [0.5, 0.6) is 5.75 Å². The SMILES string of the molecule is COc1ccc(F)cc1CSCc1cccc([N+](=O)[O-])c1. The van der Waals surface area contributed by atoms with E-state index in [-0.39, 0.29) is 11.5 Å². The number of halogens is 1. The molecule has 0 radical (unpaired) electrons. The number of thioether (sulfide) groups is 1. The van der Waals surface area contributed by atoms with E-state index in [4.69, 9.17) is 4.74 Å². The highest BCUT2D eigenvalue weighted by Gasteiger charge is 2.07. The highest BCUT2D eigenvalue weighted by Crippen LogP contribution is 2.26. The number of ether oxygens (including phenoxy) is 1. The van der Waals surface area contributed by atoms with Crippen LogP contribution in [-0.4, -0.2) is 12.0 Å². The van der Waals surface area contributed by atoms with E-state index in [0.29, 0.717) is 17.3 Å². The lowest BCUT2D eigenvalue weighted by Gasteiger charge is -2.08. The number of benzene rings is 2. The molecule has 0 N–H and O–H groups in total. The number of hydrogen-bond acceptors (Lipinski definition) is 4. The standard InChI is InChI=1S/C15H14FNO3S/c1-20-15-6-5-13(16)8-12(15)10-21-9-11-3-2-4-14(7-11)17(18)19/h2-8H,9-10H2,1H3. The maximum absolute atomic E-state index is 13.2. The average Bonchev–Trinajstić information content (AvgIpc) is 2.48. The molecule has 2 aromatic rings. The molecule has 0 fully saturated rings. The second-order valence-electron chi connectivity index (χ2n) is 4.38. The van der Waals surface area contributed by atoms with Gasteiger partial charge in [0.05, 0.1) is 12.0 Å². The van der Waals surface area contributed by atoms with Gasteiger partial charge in [-0.3, -0.25) is 10.1 Å². The number of non-ortho nitro benzene ring substituents is 1. The summed E-state index contributed by atoms with van der Waals surface area (Å²) in [4.78, 5) is 10.3. The Kier molecular flexibility index (Phi) is 5.16. The average molecular weight is 307 g/mol. The molecule has 110 valence electrons. The number of rotatable bonds is 6. The molecule has 0 spiro atoms. The predicted octanol–water partition coefficient (Wildman–Crippen LogP) is 4.18. The van der Waals surface area contributed by atoms with Gasteiger partial charge in [0.15, 0.2) is 0 Å². The van der Waals surface area contributed by atoms with Gasteiger partial charge in [0.25, 0.3) is 5.69 Å². The van der Waals surface area contributed by atoms with Crippen molar-refractivity contribution in [3.63, 3.8) is 0 Å². The first-order valence-electron chi connectivity index (χ1n) is 6.23. The predicted molar refractivity (Wildman–Crippen MR) is 81.0 cm³/mol. The monoisotopic (exact) mass is 307 g/mol. The first-order valence-corrected chi connectivity index (χ1v) is 7.39. The number of nitrogens with zero attached hydrogens (tertiary/aromatic N) is 1. The van der Waals surface area contributed by atoms with Gasteiger partial charge >= 0.3 is 0 Å². The molecule has 6 heteroatoms. The van der Waals surface area contributed by atoms with Crippen LogP contribution in [0, 0.1) is 15.9 Å². The van der Waals surface area contributed by atoms with Gasteiger partial charge in [0.1, 0.15) is 11.6 Å². The van der Waals surface area contributed by atoms with Crippen molar-refractivity contribution in [2.24, 2.45) is 0 Å². The summed E-state index contributed by atoms with van der Waals surface area (Å²) in [6.45, 7) is 0. The van der Waals surface area contributed by atoms with Crippen LogP contribution in [0.2, 0.25) is 0 Å². The van der Waals surface area contributed by atoms with Crippen LogP contribution in [0.1, 0.15) is 11.1 Å². The van der Waals surface area contributed by atoms with E-state index in [9.17, 15) is 14.5 Å². The van der Waals surface area contributed by atoms with Crippen LogP contribution in [0.3, 0.4) is 0 Å². The quantitative estimate of drug-likeness (QED) is 0.593. The van der Waals surface area contributed by atoms with Crippen LogP contribution in [0.15, 0.2) is 42.5 Å². The van der Waals surface area contributed by atoms with E-state index in [0.717, 1.165) is 11.1 Å². The van der Waals surface area contributed by atoms with Crippen LogP contribution in [0.4, 0.5) is 10.1 Å². The van der Waals surface area contributed by atoms with Gasteiger partial charge in [0, 0.05) is 29.2 Å². The summed E-state index contributed by atoms with van der Waals surface area (Å²) in [5, 5.41) is 10.7. The molecule has 0 saturated heterocycles. The van der Waals surface area contributed by atoms with Gasteiger partial charge in [-0.1, -0.05) is 12.1 Å². The maximum atomic E-state index is 13.2. The van der Waals surface area contributed by atoms with Crippen molar-refractivity contribution in [3.8, 4) is 5.75 Å². The summed E-state index contributed by atoms with van der Waals surface area (Å²) < 4.78 is 18.4. The molecule has 0 aliphatic carbocycles. The van der Waals surface area contributed by atoms with Crippen molar-refractivity contribution in [2.75, 3.05) is 7.11 Å². The molecule has 4 nitrogen and oxygen atoms in total. The Morgan fingerprint density at radius 1 is 1.24 bits per heavy atom. The fourth-order valence-corrected chi connectivity index (χ4v) is 2.86. The second-order valence-corrected chi connectivity index (χ2v) is 5.36. The summed E-state index contributed by atoms with van der Waals surface area (Å²) in [5.74, 6) is 1.52. The van der Waals surface area contributed by atoms with Crippen LogP contribution < -0.4 is 4.74 Å². The minimum atomic E-state index is -0.413. The number of methoxy groups -OCH3 is 1. The van der Waals surface area contributed by atoms with Gasteiger partial charge in [-0.2, -0.15) is 11.8 Å². The Morgan fingerprint density at radius 3 is 2.76 bits per heavy atom. The Bertz CT molecular complexity index is 649. The third-order valence-electron chi connectivity index (χ3n) is 2.89. The molecule has 0 aliphatic rings. The summed E-state index contributed by atoms with van der Waals surface area (Å²) in [6.07, 6.45) is 0. The lowest BCUT2D eigenvalue weighted by atomic mass is 10.2. The first-order chi connectivity index (χ1) is 10.1. The molecule has 0 aliphatic heterocycles. The highest BCUT2D eigenvalue weighted by atomic mass is 32.2. The van der Waals surface area contributed by atoms with Crippen LogP contribution in [0.25, 0.3) is 0 Å². The fourth-order valence-electron chi connectivity index (χ4n) is 1.90. The second kappa shape index (κ2) is 7.08. The first kappa shape index (κ1) is 15.3. The molecule has 0 heterocycles. The number of nitro benzene ring substituents is 1. The molecule has 2 aromatic carbocycles. The van der Waals surface area contributed by atoms with Gasteiger partial charge < -0.3 is 4.74 Å². The van der Waals surface area contributed by atoms with Gasteiger partial charge in [0.2, 0.25) is 0 Å². The van der Waals surface area contributed by atoms with Gasteiger partial charge in [-0.05, 0) is 23.8 Å². The van der Waals surface area contributed by atoms with Crippen molar-refractivity contribution in [2.45, 2.75) is 11.5 Å². The van der Waals surface area contributed by atoms with Crippen molar-refractivity contribution < 1.29 is 14.1 Å². The molecule has 0 atom stereocenters. The fraction of sp³-hybridized carbons (Fsp3) is 0.200. The van der Waals surface area contributed by atoms with E-state index in [1.165, 1.54) is 18.2 Å². The van der Waals surface area contributed by atoms with Crippen molar-refractivity contribution in [3.05, 3.63) is 69.5 Å². The van der Waals surface area contributed by atoms with E-state index in [1.54, 1.807) is 37.1 Å². The van der Waals surface area contributed by atoms with E-state index < -0.39 is 4.92 Å². The van der Waals surface area contributed by atoms with Crippen molar-refractivity contribution >= 4 is 17.4 Å². The number of nitro groups is 1. The molecular formula is C15H14FNO3S. The van der Waals surface area contributed by atoms with Gasteiger partial charge in [-0.25, -0.2) is 4.39 Å². The topological polar surface area (TPSA) is 52.4 Å². The summed E-state index contributed by atoms with van der Waals surface area (Å²) >= 11 is 1.55. The molecule has 21 heavy (non-hydrogen) atoms. The molecular weight excluding hydrogens is 293 g/mol. The zero-order valence-corrected chi connectivity index (χ0v) is 12.2. The van der Waals surface area contributed by atoms with Crippen LogP contribution >= 0.6 is 11.8 Å². The Labute approximate surface area is 126 Å². The lowest BCUT2D eigenvalue weighted by molar-refractivity contribution is -0.384. The molecule has 0 aromatic heterocycles. The minimum absolute atomic E-state index is 0.0800. The zero-order chi connectivity index (χ0) is 15.2. The van der Waals surface area contributed by atoms with Crippen molar-refractivity contribution in [1.82, 2.24) is 0 Å². The van der Waals surface area contributed by atoms with Crippen LogP contribution in [-0.2, 0) is 11.5 Å². The van der Waals surface area contributed by atoms with E-state index in [1.807, 2.05) is 6.07 Å². The number of hydrogen-bond donors (Lipinski definition) is 0. The Hall–Kier alpha value is -2.08. The molecule has 0 unspecified atom stereocenters. The summed E-state index contributed by atoms with van der Waals surface area (Å²) in [7, 11) is 1.54. The Balaban J connectivity index is 2.00. The highest BCUT2D eigenvalue weighted by molar-refractivity contribution is 7.97. The maximum Gasteiger partial charge on any atom is 0.269 e. The lowest BCUT2D eigenvalue weighted by Crippen LogP contribution is -1.93. The Morgan fingerprint density at radius 2 is 2.05 bits per heavy atom. The minimum Gasteiger partial charge on any atom is -0.496 e. The van der Waals surface area contributed by atoms with Crippen molar-refractivity contribution in [1.29, 1.82) is 0 Å². The molecule has 0 bridgehead atoms. The molecule has 0 saturated carbocycles. The van der Waals surface area contributed by atoms with E-state index in [2.05, 4.69) is 0 Å². The summed E-state index contributed by atoms with van der Waals surface area (Å²) in [6, 6.07) is 10.9. The summed E-state index contributed by atoms with van der Waals surface area (Å²) in [5.41, 5.74) is 1.72. The normalized spacial score (nSPS) is 10.4. The third kappa shape index (κ3) is 4.19. The molecule has 2 rings (SSSR count). The molecule has 0 amide bonds.